The van der Waals surface area contributed by atoms with E-state index in [4.69, 9.17) is 0 Å². The summed E-state index contributed by atoms with van der Waals surface area (Å²) in [5.74, 6) is 0.272. The third kappa shape index (κ3) is 6.00. The first kappa shape index (κ1) is 23.6. The van der Waals surface area contributed by atoms with Crippen LogP contribution in [-0.2, 0) is 4.79 Å². The van der Waals surface area contributed by atoms with E-state index in [1.165, 1.54) is 5.56 Å². The number of benzene rings is 1. The standard InChI is InChI=1S/C25H40N4O2/c1-5-12-27(13-6-2)18-23(30)29-16-11-25(19-29)9-14-28(15-10-25)24(31)26-22-8-7-20(3)17-21(22)4/h7-8,17H,5-6,9-16,18-19H2,1-4H3,(H,26,31). The number of nitrogens with one attached hydrogen (secondary N) is 1. The number of nitrogens with zero attached hydrogens (tertiary/aromatic N) is 3. The summed E-state index contributed by atoms with van der Waals surface area (Å²) in [7, 11) is 0. The maximum Gasteiger partial charge on any atom is 0.321 e. The zero-order chi connectivity index (χ0) is 22.4. The molecule has 3 rings (SSSR count). The lowest BCUT2D eigenvalue weighted by atomic mass is 9.78. The normalized spacial score (nSPS) is 18.1. The van der Waals surface area contributed by atoms with Crippen molar-refractivity contribution in [3.05, 3.63) is 29.3 Å². The monoisotopic (exact) mass is 428 g/mol. The third-order valence-corrected chi connectivity index (χ3v) is 6.96. The maximum atomic E-state index is 12.9. The highest BCUT2D eigenvalue weighted by Gasteiger charge is 2.42. The summed E-state index contributed by atoms with van der Waals surface area (Å²) in [5.41, 5.74) is 3.36. The predicted octanol–water partition coefficient (Wildman–Crippen LogP) is 4.27. The second kappa shape index (κ2) is 10.5. The van der Waals surface area contributed by atoms with Crippen LogP contribution in [0.5, 0.6) is 0 Å². The minimum Gasteiger partial charge on any atom is -0.341 e. The maximum absolute atomic E-state index is 12.9. The smallest absolute Gasteiger partial charge is 0.321 e. The number of hydrogen-bond acceptors (Lipinski definition) is 3. The van der Waals surface area contributed by atoms with Crippen LogP contribution in [0.2, 0.25) is 0 Å². The highest BCUT2D eigenvalue weighted by atomic mass is 16.2. The molecule has 31 heavy (non-hydrogen) atoms. The first-order chi connectivity index (χ1) is 14.9. The van der Waals surface area contributed by atoms with Gasteiger partial charge in [0, 0.05) is 31.9 Å². The van der Waals surface area contributed by atoms with Crippen LogP contribution in [0.4, 0.5) is 10.5 Å². The van der Waals surface area contributed by atoms with Gasteiger partial charge in [0.1, 0.15) is 0 Å². The molecular weight excluding hydrogens is 388 g/mol. The van der Waals surface area contributed by atoms with Crippen molar-refractivity contribution in [3.63, 3.8) is 0 Å². The summed E-state index contributed by atoms with van der Waals surface area (Å²) in [6.07, 6.45) is 5.18. The molecule has 1 N–H and O–H groups in total. The summed E-state index contributed by atoms with van der Waals surface area (Å²) in [5, 5.41) is 3.08. The predicted molar refractivity (Wildman–Crippen MR) is 126 cm³/mol. The summed E-state index contributed by atoms with van der Waals surface area (Å²) in [6, 6.07) is 6.09. The summed E-state index contributed by atoms with van der Waals surface area (Å²) >= 11 is 0. The molecule has 1 aromatic rings. The van der Waals surface area contributed by atoms with E-state index in [9.17, 15) is 9.59 Å². The molecule has 6 heteroatoms. The van der Waals surface area contributed by atoms with E-state index in [1.807, 2.05) is 24.0 Å². The fourth-order valence-electron chi connectivity index (χ4n) is 5.08. The molecule has 0 unspecified atom stereocenters. The molecule has 1 aromatic carbocycles. The van der Waals surface area contributed by atoms with Crippen molar-refractivity contribution in [2.45, 2.75) is 59.8 Å². The van der Waals surface area contributed by atoms with Crippen molar-refractivity contribution in [2.24, 2.45) is 5.41 Å². The van der Waals surface area contributed by atoms with Crippen LogP contribution in [0.3, 0.4) is 0 Å². The summed E-state index contributed by atoms with van der Waals surface area (Å²) in [6.45, 7) is 14.2. The van der Waals surface area contributed by atoms with Crippen molar-refractivity contribution >= 4 is 17.6 Å². The van der Waals surface area contributed by atoms with E-state index in [0.717, 1.165) is 82.6 Å². The molecule has 3 amide bonds. The lowest BCUT2D eigenvalue weighted by molar-refractivity contribution is -0.132. The molecule has 0 saturated carbocycles. The number of carbonyl (C=O) groups is 2. The molecular formula is C25H40N4O2. The van der Waals surface area contributed by atoms with Crippen molar-refractivity contribution in [1.82, 2.24) is 14.7 Å². The number of carbonyl (C=O) groups excluding carboxylic acids is 2. The molecule has 0 bridgehead atoms. The Morgan fingerprint density at radius 1 is 1.00 bits per heavy atom. The van der Waals surface area contributed by atoms with E-state index in [1.54, 1.807) is 0 Å². The largest absolute Gasteiger partial charge is 0.341 e. The first-order valence-corrected chi connectivity index (χ1v) is 12.0. The lowest BCUT2D eigenvalue weighted by Gasteiger charge is -2.39. The van der Waals surface area contributed by atoms with Crippen LogP contribution in [0.1, 0.15) is 57.1 Å². The molecule has 172 valence electrons. The molecule has 2 saturated heterocycles. The molecule has 2 aliphatic rings. The first-order valence-electron chi connectivity index (χ1n) is 12.0. The van der Waals surface area contributed by atoms with E-state index in [2.05, 4.69) is 42.0 Å². The molecule has 0 radical (unpaired) electrons. The second-order valence-corrected chi connectivity index (χ2v) is 9.58. The summed E-state index contributed by atoms with van der Waals surface area (Å²) in [4.78, 5) is 31.9. The minimum atomic E-state index is -0.0116. The molecule has 2 aliphatic heterocycles. The van der Waals surface area contributed by atoms with Crippen LogP contribution < -0.4 is 5.32 Å². The quantitative estimate of drug-likeness (QED) is 0.706. The molecule has 0 atom stereocenters. The van der Waals surface area contributed by atoms with Gasteiger partial charge in [0.2, 0.25) is 5.91 Å². The van der Waals surface area contributed by atoms with Gasteiger partial charge in [0.05, 0.1) is 6.54 Å². The third-order valence-electron chi connectivity index (χ3n) is 6.96. The second-order valence-electron chi connectivity index (χ2n) is 9.58. The van der Waals surface area contributed by atoms with Gasteiger partial charge in [-0.2, -0.15) is 0 Å². The Morgan fingerprint density at radius 3 is 2.19 bits per heavy atom. The number of anilines is 1. The Balaban J connectivity index is 1.49. The van der Waals surface area contributed by atoms with E-state index in [-0.39, 0.29) is 17.4 Å². The number of rotatable bonds is 7. The zero-order valence-corrected chi connectivity index (χ0v) is 19.9. The Bertz CT molecular complexity index is 765. The van der Waals surface area contributed by atoms with Gasteiger partial charge in [-0.1, -0.05) is 31.5 Å². The van der Waals surface area contributed by atoms with Crippen LogP contribution >= 0.6 is 0 Å². The Kier molecular flexibility index (Phi) is 7.98. The molecule has 2 heterocycles. The van der Waals surface area contributed by atoms with E-state index < -0.39 is 0 Å². The number of amides is 3. The van der Waals surface area contributed by atoms with Crippen molar-refractivity contribution < 1.29 is 9.59 Å². The van der Waals surface area contributed by atoms with Gasteiger partial charge in [0.25, 0.3) is 0 Å². The molecule has 2 fully saturated rings. The van der Waals surface area contributed by atoms with Crippen LogP contribution in [0, 0.1) is 19.3 Å². The fourth-order valence-corrected chi connectivity index (χ4v) is 5.08. The van der Waals surface area contributed by atoms with Crippen molar-refractivity contribution in [1.29, 1.82) is 0 Å². The highest BCUT2D eigenvalue weighted by molar-refractivity contribution is 5.90. The molecule has 1 spiro atoms. The number of hydrogen-bond donors (Lipinski definition) is 1. The van der Waals surface area contributed by atoms with Gasteiger partial charge in [-0.25, -0.2) is 4.79 Å². The number of aryl methyl sites for hydroxylation is 2. The highest BCUT2D eigenvalue weighted by Crippen LogP contribution is 2.40. The van der Waals surface area contributed by atoms with Gasteiger partial charge >= 0.3 is 6.03 Å². The van der Waals surface area contributed by atoms with Gasteiger partial charge in [-0.15, -0.1) is 0 Å². The lowest BCUT2D eigenvalue weighted by Crippen LogP contribution is -2.47. The SMILES string of the molecule is CCCN(CCC)CC(=O)N1CCC2(CCN(C(=O)Nc3ccc(C)cc3C)CC2)C1. The van der Waals surface area contributed by atoms with E-state index >= 15 is 0 Å². The minimum absolute atomic E-state index is 0.0116. The van der Waals surface area contributed by atoms with Gasteiger partial charge in [0.15, 0.2) is 0 Å². The zero-order valence-electron chi connectivity index (χ0n) is 19.9. The van der Waals surface area contributed by atoms with Crippen molar-refractivity contribution in [3.8, 4) is 0 Å². The van der Waals surface area contributed by atoms with Gasteiger partial charge in [-0.05, 0) is 76.1 Å². The average molecular weight is 429 g/mol. The van der Waals surface area contributed by atoms with Crippen LogP contribution in [-0.4, -0.2) is 72.5 Å². The Morgan fingerprint density at radius 2 is 1.61 bits per heavy atom. The molecule has 0 aromatic heterocycles. The summed E-state index contributed by atoms with van der Waals surface area (Å²) < 4.78 is 0. The van der Waals surface area contributed by atoms with Gasteiger partial charge < -0.3 is 15.1 Å². The average Bonchev–Trinajstić information content (AvgIpc) is 3.14. The van der Waals surface area contributed by atoms with E-state index in [0.29, 0.717) is 6.54 Å². The van der Waals surface area contributed by atoms with Crippen LogP contribution in [0.25, 0.3) is 0 Å². The molecule has 6 nitrogen and oxygen atoms in total. The number of likely N-dealkylation sites (tertiary alicyclic amines) is 2. The topological polar surface area (TPSA) is 55.9 Å². The van der Waals surface area contributed by atoms with Crippen LogP contribution in [0.15, 0.2) is 18.2 Å². The Hall–Kier alpha value is -2.08. The number of urea groups is 1. The molecule has 0 aliphatic carbocycles. The Labute approximate surface area is 188 Å². The number of piperidine rings is 1. The fraction of sp³-hybridized carbons (Fsp3) is 0.680. The van der Waals surface area contributed by atoms with Crippen molar-refractivity contribution in [2.75, 3.05) is 51.1 Å². The van der Waals surface area contributed by atoms with Gasteiger partial charge in [-0.3, -0.25) is 9.69 Å².